The van der Waals surface area contributed by atoms with Crippen molar-refractivity contribution in [3.8, 4) is 0 Å². The highest BCUT2D eigenvalue weighted by Gasteiger charge is 2.33. The summed E-state index contributed by atoms with van der Waals surface area (Å²) in [6, 6.07) is 0. The van der Waals surface area contributed by atoms with Crippen LogP contribution in [0.2, 0.25) is 0 Å². The Morgan fingerprint density at radius 3 is 2.33 bits per heavy atom. The van der Waals surface area contributed by atoms with Crippen molar-refractivity contribution in [3.63, 3.8) is 0 Å². The lowest BCUT2D eigenvalue weighted by Crippen LogP contribution is -2.08. The van der Waals surface area contributed by atoms with E-state index in [2.05, 4.69) is 18.1 Å². The fourth-order valence-corrected chi connectivity index (χ4v) is 0.525. The summed E-state index contributed by atoms with van der Waals surface area (Å²) in [5.41, 5.74) is 0. The largest absolute Gasteiger partial charge is 0.404 e. The third-order valence-electron chi connectivity index (χ3n) is 0.575. The van der Waals surface area contributed by atoms with Crippen molar-refractivity contribution in [2.24, 2.45) is 0 Å². The lowest BCUT2D eigenvalue weighted by molar-refractivity contribution is 0.0850. The minimum atomic E-state index is -3.91. The molecule has 0 aromatic heterocycles. The Bertz CT molecular complexity index is 177. The summed E-state index contributed by atoms with van der Waals surface area (Å²) in [6.45, 7) is -1.12. The minimum Gasteiger partial charge on any atom is -0.251 e. The van der Waals surface area contributed by atoms with E-state index >= 15 is 0 Å². The molecule has 1 rings (SSSR count). The van der Waals surface area contributed by atoms with E-state index in [1.54, 1.807) is 0 Å². The van der Waals surface area contributed by atoms with Crippen LogP contribution in [0.15, 0.2) is 0 Å². The Labute approximate surface area is 51.5 Å². The van der Waals surface area contributed by atoms with Gasteiger partial charge in [0, 0.05) is 0 Å². The van der Waals surface area contributed by atoms with E-state index in [0.717, 1.165) is 7.11 Å². The molecule has 0 aromatic rings. The molecule has 0 saturated carbocycles. The molecule has 1 heterocycles. The normalized spacial score (nSPS) is 20.1. The molecule has 0 bridgehead atoms. The zero-order chi connectivity index (χ0) is 6.91. The van der Waals surface area contributed by atoms with E-state index in [-0.39, 0.29) is 0 Å². The predicted molar refractivity (Wildman–Crippen MR) is 23.0 cm³/mol. The average Bonchev–Trinajstić information content (AvgIpc) is 2.50. The Kier molecular flexibility index (Phi) is 1.68. The average molecular weight is 156 g/mol. The van der Waals surface area contributed by atoms with E-state index in [1.807, 2.05) is 0 Å². The van der Waals surface area contributed by atoms with Crippen molar-refractivity contribution in [2.75, 3.05) is 7.11 Å². The van der Waals surface area contributed by atoms with Crippen molar-refractivity contribution in [2.45, 2.75) is 6.48 Å². The first-order chi connectivity index (χ1) is 4.14. The zero-order valence-corrected chi connectivity index (χ0v) is 5.25. The summed E-state index contributed by atoms with van der Waals surface area (Å²) in [6.07, 6.45) is 0. The van der Waals surface area contributed by atoms with Gasteiger partial charge in [0.2, 0.25) is 0 Å². The molecule has 0 amide bonds. The molecule has 54 valence electrons. The van der Waals surface area contributed by atoms with Gasteiger partial charge in [-0.05, 0) is 0 Å². The SMILES string of the molecule is COS(=O)(=O)OC1OO1. The molecular weight excluding hydrogens is 152 g/mol. The van der Waals surface area contributed by atoms with Gasteiger partial charge in [-0.15, -0.1) is 0 Å². The van der Waals surface area contributed by atoms with Crippen LogP contribution in [0.5, 0.6) is 0 Å². The second-order valence-corrected chi connectivity index (χ2v) is 2.49. The highest BCUT2D eigenvalue weighted by molar-refractivity contribution is 7.81. The van der Waals surface area contributed by atoms with E-state index in [4.69, 9.17) is 0 Å². The quantitative estimate of drug-likeness (QED) is 0.391. The smallest absolute Gasteiger partial charge is 0.251 e. The van der Waals surface area contributed by atoms with Crippen LogP contribution in [-0.2, 0) is 28.5 Å². The van der Waals surface area contributed by atoms with Crippen molar-refractivity contribution in [1.82, 2.24) is 0 Å². The molecule has 0 aromatic carbocycles. The topological polar surface area (TPSA) is 77.7 Å². The number of hydrogen-bond acceptors (Lipinski definition) is 6. The van der Waals surface area contributed by atoms with Crippen molar-refractivity contribution >= 4 is 10.4 Å². The molecule has 0 unspecified atom stereocenters. The van der Waals surface area contributed by atoms with Crippen LogP contribution in [0.3, 0.4) is 0 Å². The summed E-state index contributed by atoms with van der Waals surface area (Å²) in [5, 5.41) is 0. The van der Waals surface area contributed by atoms with E-state index in [1.165, 1.54) is 0 Å². The lowest BCUT2D eigenvalue weighted by atomic mass is 11.4. The maximum absolute atomic E-state index is 10.2. The van der Waals surface area contributed by atoms with Crippen LogP contribution < -0.4 is 0 Å². The van der Waals surface area contributed by atoms with Crippen LogP contribution in [0.25, 0.3) is 0 Å². The first-order valence-corrected chi connectivity index (χ1v) is 3.28. The molecule has 0 spiro atoms. The summed E-state index contributed by atoms with van der Waals surface area (Å²) in [7, 11) is -2.94. The van der Waals surface area contributed by atoms with Crippen LogP contribution in [0.1, 0.15) is 0 Å². The van der Waals surface area contributed by atoms with E-state index < -0.39 is 16.9 Å². The molecule has 6 nitrogen and oxygen atoms in total. The summed E-state index contributed by atoms with van der Waals surface area (Å²) >= 11 is 0. The Hall–Kier alpha value is -0.210. The van der Waals surface area contributed by atoms with Gasteiger partial charge in [-0.2, -0.15) is 22.4 Å². The van der Waals surface area contributed by atoms with E-state index in [0.29, 0.717) is 0 Å². The second-order valence-electron chi connectivity index (χ2n) is 1.15. The summed E-state index contributed by atoms with van der Waals surface area (Å²) in [4.78, 5) is 7.93. The summed E-state index contributed by atoms with van der Waals surface area (Å²) in [5.74, 6) is 0. The van der Waals surface area contributed by atoms with Gasteiger partial charge < -0.3 is 0 Å². The van der Waals surface area contributed by atoms with Crippen molar-refractivity contribution < 1.29 is 26.6 Å². The Morgan fingerprint density at radius 2 is 2.00 bits per heavy atom. The molecule has 0 atom stereocenters. The fraction of sp³-hybridized carbons (Fsp3) is 1.00. The van der Waals surface area contributed by atoms with Gasteiger partial charge >= 0.3 is 16.9 Å². The lowest BCUT2D eigenvalue weighted by Gasteiger charge is -1.93. The molecule has 1 aliphatic heterocycles. The third kappa shape index (κ3) is 2.24. The second kappa shape index (κ2) is 2.20. The number of hydrogen-bond donors (Lipinski definition) is 0. The summed E-state index contributed by atoms with van der Waals surface area (Å²) < 4.78 is 28.4. The minimum absolute atomic E-state index is 0.970. The van der Waals surface area contributed by atoms with Gasteiger partial charge in [0.25, 0.3) is 0 Å². The molecule has 1 saturated heterocycles. The van der Waals surface area contributed by atoms with Gasteiger partial charge in [0.1, 0.15) is 0 Å². The molecule has 0 aliphatic carbocycles. The van der Waals surface area contributed by atoms with E-state index in [9.17, 15) is 8.42 Å². The monoisotopic (exact) mass is 156 g/mol. The van der Waals surface area contributed by atoms with Gasteiger partial charge in [0.15, 0.2) is 0 Å². The molecule has 9 heavy (non-hydrogen) atoms. The van der Waals surface area contributed by atoms with Crippen LogP contribution in [0.4, 0.5) is 0 Å². The first kappa shape index (κ1) is 6.90. The first-order valence-electron chi connectivity index (χ1n) is 1.95. The Morgan fingerprint density at radius 1 is 1.44 bits per heavy atom. The molecule has 0 radical (unpaired) electrons. The maximum Gasteiger partial charge on any atom is 0.404 e. The van der Waals surface area contributed by atoms with Crippen molar-refractivity contribution in [3.05, 3.63) is 0 Å². The zero-order valence-electron chi connectivity index (χ0n) is 4.44. The molecule has 1 aliphatic rings. The molecule has 7 heteroatoms. The van der Waals surface area contributed by atoms with Crippen LogP contribution >= 0.6 is 0 Å². The van der Waals surface area contributed by atoms with Crippen LogP contribution in [0, 0.1) is 0 Å². The number of rotatable bonds is 3. The van der Waals surface area contributed by atoms with Crippen LogP contribution in [-0.4, -0.2) is 22.0 Å². The third-order valence-corrected chi connectivity index (χ3v) is 1.38. The van der Waals surface area contributed by atoms with Gasteiger partial charge in [-0.25, -0.2) is 0 Å². The molecular formula is C2H4O6S. The molecule has 0 N–H and O–H groups in total. The van der Waals surface area contributed by atoms with Crippen molar-refractivity contribution in [1.29, 1.82) is 0 Å². The van der Waals surface area contributed by atoms with Gasteiger partial charge in [0.05, 0.1) is 7.11 Å². The highest BCUT2D eigenvalue weighted by Crippen LogP contribution is 2.16. The maximum atomic E-state index is 10.2. The molecule has 1 fully saturated rings. The fourth-order valence-electron chi connectivity index (χ4n) is 0.190. The van der Waals surface area contributed by atoms with Gasteiger partial charge in [-0.1, -0.05) is 0 Å². The Balaban J connectivity index is 2.40. The highest BCUT2D eigenvalue weighted by atomic mass is 32.3. The van der Waals surface area contributed by atoms with Gasteiger partial charge in [-0.3, -0.25) is 4.18 Å². The standard InChI is InChI=1S/C2H4O6S/c1-5-9(3,4)8-2-6-7-2/h2H,1H3. The predicted octanol–water partition coefficient (Wildman–Crippen LogP) is -0.860.